The Labute approximate surface area is 216 Å². The molecule has 8 N–H and O–H groups in total. The molecule has 1 atom stereocenters. The fourth-order valence-corrected chi connectivity index (χ4v) is 3.64. The number of rotatable bonds is 11. The van der Waals surface area contributed by atoms with E-state index in [4.69, 9.17) is 41.9 Å². The number of ether oxygens (including phenoxy) is 4. The quantitative estimate of drug-likeness (QED) is 0.157. The lowest BCUT2D eigenvalue weighted by molar-refractivity contribution is -0.297. The van der Waals surface area contributed by atoms with Crippen LogP contribution in [-0.2, 0) is 0 Å². The Morgan fingerprint density at radius 2 is 0.811 bits per heavy atom. The van der Waals surface area contributed by atoms with Crippen LogP contribution in [0.4, 0.5) is 22.7 Å². The van der Waals surface area contributed by atoms with Crippen molar-refractivity contribution in [3.8, 4) is 23.0 Å². The molecule has 1 unspecified atom stereocenters. The van der Waals surface area contributed by atoms with Gasteiger partial charge in [-0.2, -0.15) is 0 Å². The van der Waals surface area contributed by atoms with Crippen LogP contribution in [0.5, 0.6) is 23.0 Å². The van der Waals surface area contributed by atoms with Crippen molar-refractivity contribution >= 4 is 22.7 Å². The molecule has 0 fully saturated rings. The van der Waals surface area contributed by atoms with Crippen molar-refractivity contribution < 1.29 is 18.9 Å². The van der Waals surface area contributed by atoms with Gasteiger partial charge < -0.3 is 41.9 Å². The highest BCUT2D eigenvalue weighted by Gasteiger charge is 2.50. The van der Waals surface area contributed by atoms with E-state index in [9.17, 15) is 0 Å². The van der Waals surface area contributed by atoms with Crippen LogP contribution in [0.3, 0.4) is 0 Å². The molecule has 37 heavy (non-hydrogen) atoms. The smallest absolute Gasteiger partial charge is 0.456 e. The third kappa shape index (κ3) is 6.70. The summed E-state index contributed by atoms with van der Waals surface area (Å²) in [6, 6.07) is 28.0. The number of nitrogen functional groups attached to an aromatic ring is 4. The van der Waals surface area contributed by atoms with Crippen LogP contribution in [0.2, 0.25) is 0 Å². The molecule has 8 nitrogen and oxygen atoms in total. The fourth-order valence-electron chi connectivity index (χ4n) is 3.64. The molecule has 0 heterocycles. The zero-order valence-electron chi connectivity index (χ0n) is 20.7. The molecule has 0 saturated carbocycles. The van der Waals surface area contributed by atoms with Gasteiger partial charge in [-0.1, -0.05) is 13.3 Å². The minimum atomic E-state index is -1.76. The van der Waals surface area contributed by atoms with Crippen molar-refractivity contribution in [1.29, 1.82) is 0 Å². The van der Waals surface area contributed by atoms with Crippen molar-refractivity contribution in [2.75, 3.05) is 22.9 Å². The van der Waals surface area contributed by atoms with E-state index in [2.05, 4.69) is 0 Å². The number of benzene rings is 4. The maximum absolute atomic E-state index is 6.52. The summed E-state index contributed by atoms with van der Waals surface area (Å²) in [5, 5.41) is 0. The van der Waals surface area contributed by atoms with Gasteiger partial charge in [-0.05, 0) is 103 Å². The molecule has 0 aliphatic heterocycles. The Morgan fingerprint density at radius 3 is 1.11 bits per heavy atom. The summed E-state index contributed by atoms with van der Waals surface area (Å²) in [4.78, 5) is 0. The minimum absolute atomic E-state index is 0.474. The van der Waals surface area contributed by atoms with Gasteiger partial charge in [0.25, 0.3) is 0 Å². The summed E-state index contributed by atoms with van der Waals surface area (Å²) in [6.07, 6.45) is 0.556. The Morgan fingerprint density at radius 1 is 0.514 bits per heavy atom. The predicted octanol–water partition coefficient (Wildman–Crippen LogP) is 5.45. The SMILES string of the molecule is CCCC(Oc1ccc(N)cc1)C(Oc1ccc(N)cc1)(Oc1ccc(N)cc1)Oc1ccc(N)cc1. The van der Waals surface area contributed by atoms with E-state index in [0.717, 1.165) is 6.42 Å². The van der Waals surface area contributed by atoms with Crippen LogP contribution < -0.4 is 41.9 Å². The van der Waals surface area contributed by atoms with Gasteiger partial charge in [0.1, 0.15) is 23.0 Å². The van der Waals surface area contributed by atoms with Gasteiger partial charge >= 0.3 is 5.97 Å². The highest BCUT2D eigenvalue weighted by atomic mass is 16.9. The average Bonchev–Trinajstić information content (AvgIpc) is 2.89. The van der Waals surface area contributed by atoms with Crippen LogP contribution in [0.25, 0.3) is 0 Å². The summed E-state index contributed by atoms with van der Waals surface area (Å²) < 4.78 is 26.0. The summed E-state index contributed by atoms with van der Waals surface area (Å²) in [5.74, 6) is 0.241. The van der Waals surface area contributed by atoms with Gasteiger partial charge in [-0.25, -0.2) is 0 Å². The van der Waals surface area contributed by atoms with E-state index < -0.39 is 12.1 Å². The molecule has 0 amide bonds. The van der Waals surface area contributed by atoms with Gasteiger partial charge in [0.15, 0.2) is 0 Å². The molecule has 0 spiro atoms. The number of hydrogen-bond donors (Lipinski definition) is 4. The van der Waals surface area contributed by atoms with E-state index in [1.807, 2.05) is 6.92 Å². The number of hydrogen-bond acceptors (Lipinski definition) is 8. The normalized spacial score (nSPS) is 11.9. The Bertz CT molecular complexity index is 1150. The number of nitrogens with two attached hydrogens (primary N) is 4. The second-order valence-electron chi connectivity index (χ2n) is 8.58. The van der Waals surface area contributed by atoms with E-state index in [1.54, 1.807) is 97.1 Å². The topological polar surface area (TPSA) is 141 Å². The molecular weight excluding hydrogens is 468 g/mol. The highest BCUT2D eigenvalue weighted by Crippen LogP contribution is 2.34. The first-order valence-corrected chi connectivity index (χ1v) is 12.0. The second-order valence-corrected chi connectivity index (χ2v) is 8.58. The van der Waals surface area contributed by atoms with Crippen LogP contribution in [-0.4, -0.2) is 12.1 Å². The van der Waals surface area contributed by atoms with Crippen molar-refractivity contribution in [3.05, 3.63) is 97.1 Å². The standard InChI is InChI=1S/C29H32N4O4/c1-2-3-28(34-24-12-4-20(30)5-13-24)29(35-25-14-6-21(31)7-15-25,36-26-16-8-22(32)9-17-26)37-27-18-10-23(33)11-19-27/h4-19,28H,2-3,30-33H2,1H3. The van der Waals surface area contributed by atoms with Gasteiger partial charge in [0.2, 0.25) is 6.10 Å². The fraction of sp³-hybridized carbons (Fsp3) is 0.172. The van der Waals surface area contributed by atoms with Crippen LogP contribution in [0.15, 0.2) is 97.1 Å². The lowest BCUT2D eigenvalue weighted by atomic mass is 10.1. The molecule has 192 valence electrons. The Hall–Kier alpha value is -4.72. The molecular formula is C29H32N4O4. The molecule has 4 aromatic carbocycles. The van der Waals surface area contributed by atoms with E-state index in [1.165, 1.54) is 0 Å². The van der Waals surface area contributed by atoms with Crippen molar-refractivity contribution in [2.45, 2.75) is 31.8 Å². The first-order valence-electron chi connectivity index (χ1n) is 12.0. The summed E-state index contributed by atoms with van der Waals surface area (Å²) in [6.45, 7) is 2.04. The Balaban J connectivity index is 1.83. The molecule has 4 aromatic rings. The summed E-state index contributed by atoms with van der Waals surface area (Å²) in [5.41, 5.74) is 26.0. The third-order valence-electron chi connectivity index (χ3n) is 5.52. The first kappa shape index (κ1) is 25.4. The van der Waals surface area contributed by atoms with Gasteiger partial charge in [0.05, 0.1) is 0 Å². The summed E-state index contributed by atoms with van der Waals surface area (Å²) in [7, 11) is 0. The summed E-state index contributed by atoms with van der Waals surface area (Å²) >= 11 is 0. The maximum atomic E-state index is 6.52. The highest BCUT2D eigenvalue weighted by molar-refractivity contribution is 5.45. The zero-order chi connectivity index (χ0) is 26.3. The van der Waals surface area contributed by atoms with E-state index in [-0.39, 0.29) is 0 Å². The average molecular weight is 501 g/mol. The molecule has 4 rings (SSSR count). The molecule has 0 bridgehead atoms. The molecule has 0 aliphatic rings. The van der Waals surface area contributed by atoms with Crippen molar-refractivity contribution in [3.63, 3.8) is 0 Å². The third-order valence-corrected chi connectivity index (χ3v) is 5.52. The van der Waals surface area contributed by atoms with Crippen molar-refractivity contribution in [2.24, 2.45) is 0 Å². The zero-order valence-corrected chi connectivity index (χ0v) is 20.7. The monoisotopic (exact) mass is 500 g/mol. The molecule has 0 radical (unpaired) electrons. The predicted molar refractivity (Wildman–Crippen MR) is 147 cm³/mol. The largest absolute Gasteiger partial charge is 0.478 e. The molecule has 0 aromatic heterocycles. The van der Waals surface area contributed by atoms with Crippen molar-refractivity contribution in [1.82, 2.24) is 0 Å². The van der Waals surface area contributed by atoms with Gasteiger partial charge in [-0.3, -0.25) is 0 Å². The van der Waals surface area contributed by atoms with Gasteiger partial charge in [0, 0.05) is 22.7 Å². The lowest BCUT2D eigenvalue weighted by Crippen LogP contribution is -2.59. The lowest BCUT2D eigenvalue weighted by Gasteiger charge is -2.39. The second kappa shape index (κ2) is 11.3. The number of anilines is 4. The first-order chi connectivity index (χ1) is 17.8. The van der Waals surface area contributed by atoms with Crippen LogP contribution >= 0.6 is 0 Å². The van der Waals surface area contributed by atoms with Gasteiger partial charge in [-0.15, -0.1) is 0 Å². The molecule has 0 aliphatic carbocycles. The van der Waals surface area contributed by atoms with E-state index >= 15 is 0 Å². The minimum Gasteiger partial charge on any atom is -0.478 e. The molecule has 0 saturated heterocycles. The van der Waals surface area contributed by atoms with Crippen LogP contribution in [0, 0.1) is 0 Å². The molecule has 8 heteroatoms. The Kier molecular flexibility index (Phi) is 7.78. The van der Waals surface area contributed by atoms with E-state index in [0.29, 0.717) is 52.2 Å². The maximum Gasteiger partial charge on any atom is 0.456 e. The van der Waals surface area contributed by atoms with Crippen LogP contribution in [0.1, 0.15) is 19.8 Å².